The summed E-state index contributed by atoms with van der Waals surface area (Å²) >= 11 is 0. The van der Waals surface area contributed by atoms with Gasteiger partial charge in [0.15, 0.2) is 0 Å². The molecule has 0 radical (unpaired) electrons. The average Bonchev–Trinajstić information content (AvgIpc) is 2.35. The summed E-state index contributed by atoms with van der Waals surface area (Å²) < 4.78 is 3.86. The minimum absolute atomic E-state index is 0.0231. The van der Waals surface area contributed by atoms with Crippen molar-refractivity contribution in [1.82, 2.24) is 0 Å². The number of carbonyl (C=O) groups is 1. The molecule has 1 rings (SSSR count). The molecule has 11 heavy (non-hydrogen) atoms. The summed E-state index contributed by atoms with van der Waals surface area (Å²) in [6.45, 7) is 2.57. The summed E-state index contributed by atoms with van der Waals surface area (Å²) in [5.74, 6) is 0.773. The highest BCUT2D eigenvalue weighted by molar-refractivity contribution is 5.36. The summed E-state index contributed by atoms with van der Waals surface area (Å²) in [7, 11) is 1.31. The molecule has 3 nitrogen and oxygen atoms in total. The van der Waals surface area contributed by atoms with E-state index in [1.54, 1.807) is 0 Å². The van der Waals surface area contributed by atoms with Crippen LogP contribution in [0.25, 0.3) is 0 Å². The van der Waals surface area contributed by atoms with Crippen LogP contribution in [0.2, 0.25) is 0 Å². The van der Waals surface area contributed by atoms with Gasteiger partial charge in [-0.05, 0) is 25.2 Å². The smallest absolute Gasteiger partial charge is 0.292 e. The van der Waals surface area contributed by atoms with Gasteiger partial charge < -0.3 is 9.84 Å². The Balaban J connectivity index is 0.000000218. The van der Waals surface area contributed by atoms with Crippen molar-refractivity contribution >= 4 is 6.47 Å². The Morgan fingerprint density at radius 3 is 2.18 bits per heavy atom. The molecule has 0 amide bonds. The number of aliphatic hydroxyl groups is 1. The van der Waals surface area contributed by atoms with Crippen LogP contribution in [0.15, 0.2) is 0 Å². The molecule has 2 atom stereocenters. The Morgan fingerprint density at radius 2 is 2.09 bits per heavy atom. The van der Waals surface area contributed by atoms with Gasteiger partial charge in [0, 0.05) is 0 Å². The Kier molecular flexibility index (Phi) is 5.84. The normalized spacial score (nSPS) is 28.6. The van der Waals surface area contributed by atoms with Crippen molar-refractivity contribution in [1.29, 1.82) is 0 Å². The third-order valence-corrected chi connectivity index (χ3v) is 1.76. The van der Waals surface area contributed by atoms with Crippen LogP contribution in [0.1, 0.15) is 26.2 Å². The van der Waals surface area contributed by atoms with E-state index in [4.69, 9.17) is 9.90 Å². The zero-order chi connectivity index (χ0) is 8.69. The van der Waals surface area contributed by atoms with Crippen molar-refractivity contribution in [3.05, 3.63) is 0 Å². The summed E-state index contributed by atoms with van der Waals surface area (Å²) in [4.78, 5) is 8.95. The number of methoxy groups -OCH3 is 1. The Bertz CT molecular complexity index is 95.5. The molecule has 0 spiro atoms. The fourth-order valence-electron chi connectivity index (χ4n) is 1.18. The standard InChI is InChI=1S/C6H12O.C2H4O2/c1-5-2-3-6(7)4-5;1-4-2-3/h5-7H,2-4H2,1H3;2H,1H3. The van der Waals surface area contributed by atoms with Gasteiger partial charge >= 0.3 is 0 Å². The third-order valence-electron chi connectivity index (χ3n) is 1.76. The zero-order valence-corrected chi connectivity index (χ0v) is 7.12. The van der Waals surface area contributed by atoms with Crippen LogP contribution in [-0.2, 0) is 9.53 Å². The van der Waals surface area contributed by atoms with Crippen molar-refractivity contribution in [2.24, 2.45) is 5.92 Å². The topological polar surface area (TPSA) is 46.5 Å². The number of hydrogen-bond acceptors (Lipinski definition) is 3. The maximum atomic E-state index is 8.95. The fraction of sp³-hybridized carbons (Fsp3) is 0.875. The van der Waals surface area contributed by atoms with E-state index < -0.39 is 0 Å². The first kappa shape index (κ1) is 10.4. The fourth-order valence-corrected chi connectivity index (χ4v) is 1.18. The van der Waals surface area contributed by atoms with Crippen LogP contribution in [0.3, 0.4) is 0 Å². The molecule has 0 aromatic heterocycles. The van der Waals surface area contributed by atoms with Gasteiger partial charge in [0.05, 0.1) is 13.2 Å². The van der Waals surface area contributed by atoms with E-state index >= 15 is 0 Å². The lowest BCUT2D eigenvalue weighted by molar-refractivity contribution is -0.126. The number of hydrogen-bond donors (Lipinski definition) is 1. The van der Waals surface area contributed by atoms with E-state index in [9.17, 15) is 0 Å². The maximum absolute atomic E-state index is 8.95. The molecule has 0 aliphatic heterocycles. The molecule has 1 N–H and O–H groups in total. The number of ether oxygens (including phenoxy) is 1. The molecule has 0 saturated heterocycles. The van der Waals surface area contributed by atoms with Gasteiger partial charge in [0.2, 0.25) is 0 Å². The maximum Gasteiger partial charge on any atom is 0.292 e. The molecule has 0 bridgehead atoms. The van der Waals surface area contributed by atoms with Crippen LogP contribution in [0.4, 0.5) is 0 Å². The van der Waals surface area contributed by atoms with Gasteiger partial charge in [-0.15, -0.1) is 0 Å². The molecule has 66 valence electrons. The lowest BCUT2D eigenvalue weighted by Crippen LogP contribution is -1.97. The molecule has 0 aromatic rings. The summed E-state index contributed by atoms with van der Waals surface area (Å²) in [5, 5.41) is 8.90. The van der Waals surface area contributed by atoms with Crippen LogP contribution in [-0.4, -0.2) is 24.8 Å². The lowest BCUT2D eigenvalue weighted by atomic mass is 10.1. The van der Waals surface area contributed by atoms with Crippen LogP contribution >= 0.6 is 0 Å². The van der Waals surface area contributed by atoms with Crippen LogP contribution in [0.5, 0.6) is 0 Å². The predicted molar refractivity (Wildman–Crippen MR) is 42.1 cm³/mol. The second-order valence-electron chi connectivity index (χ2n) is 2.90. The number of carbonyl (C=O) groups excluding carboxylic acids is 1. The van der Waals surface area contributed by atoms with Gasteiger partial charge in [-0.1, -0.05) is 6.92 Å². The highest BCUT2D eigenvalue weighted by Crippen LogP contribution is 2.23. The van der Waals surface area contributed by atoms with Crippen molar-refractivity contribution in [2.75, 3.05) is 7.11 Å². The molecule has 1 fully saturated rings. The average molecular weight is 160 g/mol. The molecule has 3 heteroatoms. The molecule has 2 unspecified atom stereocenters. The van der Waals surface area contributed by atoms with E-state index in [0.717, 1.165) is 18.8 Å². The van der Waals surface area contributed by atoms with Gasteiger partial charge in [0.25, 0.3) is 6.47 Å². The predicted octanol–water partition coefficient (Wildman–Crippen LogP) is 0.956. The van der Waals surface area contributed by atoms with Gasteiger partial charge in [0.1, 0.15) is 0 Å². The SMILES string of the molecule is CC1CCC(O)C1.COC=O. The molecular formula is C8H16O3. The second kappa shape index (κ2) is 6.16. The molecule has 1 aliphatic carbocycles. The molecule has 0 heterocycles. The summed E-state index contributed by atoms with van der Waals surface area (Å²) in [6.07, 6.45) is 3.30. The number of rotatable bonds is 1. The highest BCUT2D eigenvalue weighted by Gasteiger charge is 2.17. The quantitative estimate of drug-likeness (QED) is 0.581. The first-order chi connectivity index (χ1) is 5.20. The second-order valence-corrected chi connectivity index (χ2v) is 2.90. The van der Waals surface area contributed by atoms with Gasteiger partial charge in [-0.2, -0.15) is 0 Å². The molecule has 0 aromatic carbocycles. The number of aliphatic hydroxyl groups excluding tert-OH is 1. The Hall–Kier alpha value is -0.570. The first-order valence-corrected chi connectivity index (χ1v) is 3.85. The largest absolute Gasteiger partial charge is 0.471 e. The van der Waals surface area contributed by atoms with Crippen molar-refractivity contribution in [2.45, 2.75) is 32.3 Å². The zero-order valence-electron chi connectivity index (χ0n) is 7.12. The van der Waals surface area contributed by atoms with E-state index in [2.05, 4.69) is 11.7 Å². The van der Waals surface area contributed by atoms with Crippen molar-refractivity contribution < 1.29 is 14.6 Å². The monoisotopic (exact) mass is 160 g/mol. The summed E-state index contributed by atoms with van der Waals surface area (Å²) in [6, 6.07) is 0. The van der Waals surface area contributed by atoms with E-state index in [1.807, 2.05) is 0 Å². The third kappa shape index (κ3) is 5.85. The Morgan fingerprint density at radius 1 is 1.55 bits per heavy atom. The van der Waals surface area contributed by atoms with E-state index in [-0.39, 0.29) is 6.10 Å². The molecule has 1 saturated carbocycles. The minimum atomic E-state index is 0.0231. The first-order valence-electron chi connectivity index (χ1n) is 3.85. The highest BCUT2D eigenvalue weighted by atomic mass is 16.5. The van der Waals surface area contributed by atoms with Crippen LogP contribution in [0, 0.1) is 5.92 Å². The van der Waals surface area contributed by atoms with E-state index in [1.165, 1.54) is 13.5 Å². The summed E-state index contributed by atoms with van der Waals surface area (Å²) in [5.41, 5.74) is 0. The van der Waals surface area contributed by atoms with Crippen LogP contribution < -0.4 is 0 Å². The van der Waals surface area contributed by atoms with E-state index in [0.29, 0.717) is 6.47 Å². The van der Waals surface area contributed by atoms with Gasteiger partial charge in [-0.25, -0.2) is 0 Å². The molecule has 1 aliphatic rings. The minimum Gasteiger partial charge on any atom is -0.471 e. The lowest BCUT2D eigenvalue weighted by Gasteiger charge is -1.95. The Labute approximate surface area is 67.4 Å². The van der Waals surface area contributed by atoms with Gasteiger partial charge in [-0.3, -0.25) is 4.79 Å². The van der Waals surface area contributed by atoms with Crippen molar-refractivity contribution in [3.8, 4) is 0 Å². The van der Waals surface area contributed by atoms with Crippen molar-refractivity contribution in [3.63, 3.8) is 0 Å². The molecular weight excluding hydrogens is 144 g/mol.